The lowest BCUT2D eigenvalue weighted by molar-refractivity contribution is -0.146. The highest BCUT2D eigenvalue weighted by molar-refractivity contribution is 7.85. The van der Waals surface area contributed by atoms with Gasteiger partial charge in [-0.25, -0.2) is 4.21 Å². The van der Waals surface area contributed by atoms with Crippen LogP contribution < -0.4 is 9.47 Å². The van der Waals surface area contributed by atoms with Crippen LogP contribution in [-0.4, -0.2) is 59.6 Å². The van der Waals surface area contributed by atoms with Gasteiger partial charge in [-0.05, 0) is 46.8 Å². The maximum Gasteiger partial charge on any atom is 0.163 e. The van der Waals surface area contributed by atoms with Gasteiger partial charge in [-0.15, -0.1) is 0 Å². The Morgan fingerprint density at radius 3 is 2.59 bits per heavy atom. The topological polar surface area (TPSA) is 75.6 Å². The third kappa shape index (κ3) is 5.78. The van der Waals surface area contributed by atoms with Crippen LogP contribution in [0.1, 0.15) is 46.6 Å². The van der Waals surface area contributed by atoms with E-state index in [-0.39, 0.29) is 12.2 Å². The molecular formula is C21H31NO6S. The van der Waals surface area contributed by atoms with Crippen LogP contribution in [0, 0.1) is 0 Å². The number of hydrogen-bond donors (Lipinski definition) is 0. The molecule has 3 atom stereocenters. The van der Waals surface area contributed by atoms with Gasteiger partial charge in [-0.2, -0.15) is 4.40 Å². The maximum absolute atomic E-state index is 12.6. The highest BCUT2D eigenvalue weighted by Crippen LogP contribution is 2.33. The highest BCUT2D eigenvalue weighted by atomic mass is 32.2. The molecule has 8 heteroatoms. The molecule has 0 bridgehead atoms. The largest absolute Gasteiger partial charge is 0.497 e. The summed E-state index contributed by atoms with van der Waals surface area (Å²) in [6, 6.07) is 5.58. The molecule has 1 saturated heterocycles. The summed E-state index contributed by atoms with van der Waals surface area (Å²) in [5, 5.41) is 0. The van der Waals surface area contributed by atoms with Crippen LogP contribution in [0.5, 0.6) is 11.5 Å². The summed E-state index contributed by atoms with van der Waals surface area (Å²) < 4.78 is 45.3. The Morgan fingerprint density at radius 2 is 1.97 bits per heavy atom. The summed E-state index contributed by atoms with van der Waals surface area (Å²) >= 11 is 0. The van der Waals surface area contributed by atoms with E-state index >= 15 is 0 Å². The molecule has 0 N–H and O–H groups in total. The van der Waals surface area contributed by atoms with Crippen LogP contribution >= 0.6 is 0 Å². The van der Waals surface area contributed by atoms with Crippen LogP contribution in [0.25, 0.3) is 0 Å². The van der Waals surface area contributed by atoms with Gasteiger partial charge in [0.05, 0.1) is 37.4 Å². The predicted octanol–water partition coefficient (Wildman–Crippen LogP) is 3.27. The number of benzene rings is 1. The summed E-state index contributed by atoms with van der Waals surface area (Å²) in [5.74, 6) is 0.789. The lowest BCUT2D eigenvalue weighted by Gasteiger charge is -2.28. The molecule has 162 valence electrons. The second-order valence-corrected chi connectivity index (χ2v) is 10.6. The predicted molar refractivity (Wildman–Crippen MR) is 112 cm³/mol. The average molecular weight is 426 g/mol. The second kappa shape index (κ2) is 8.71. The first-order valence-electron chi connectivity index (χ1n) is 9.81. The minimum absolute atomic E-state index is 0.0949. The first kappa shape index (κ1) is 22.2. The maximum atomic E-state index is 12.6. The van der Waals surface area contributed by atoms with Crippen molar-refractivity contribution < 1.29 is 27.9 Å². The monoisotopic (exact) mass is 425 g/mol. The summed E-state index contributed by atoms with van der Waals surface area (Å²) in [7, 11) is 0.254. The number of fused-ring (bicyclic) bond motifs is 1. The van der Waals surface area contributed by atoms with Crippen molar-refractivity contribution >= 4 is 16.7 Å². The first-order chi connectivity index (χ1) is 13.6. The van der Waals surface area contributed by atoms with Crippen LogP contribution in [0.15, 0.2) is 22.6 Å². The fourth-order valence-electron chi connectivity index (χ4n) is 3.10. The highest BCUT2D eigenvalue weighted by Gasteiger charge is 2.33. The van der Waals surface area contributed by atoms with Gasteiger partial charge >= 0.3 is 0 Å². The molecule has 0 aliphatic carbocycles. The Hall–Kier alpha value is -1.48. The van der Waals surface area contributed by atoms with E-state index < -0.39 is 21.5 Å². The van der Waals surface area contributed by atoms with Crippen molar-refractivity contribution in [1.82, 2.24) is 0 Å². The van der Waals surface area contributed by atoms with E-state index in [0.29, 0.717) is 37.7 Å². The molecule has 2 aliphatic heterocycles. The van der Waals surface area contributed by atoms with Crippen molar-refractivity contribution in [2.24, 2.45) is 4.40 Å². The molecule has 3 rings (SSSR count). The molecular weight excluding hydrogens is 394 g/mol. The van der Waals surface area contributed by atoms with E-state index in [2.05, 4.69) is 4.40 Å². The molecule has 7 nitrogen and oxygen atoms in total. The molecule has 0 aromatic heterocycles. The van der Waals surface area contributed by atoms with Gasteiger partial charge in [0.1, 0.15) is 34.7 Å². The second-order valence-electron chi connectivity index (χ2n) is 8.69. The Morgan fingerprint density at radius 1 is 1.24 bits per heavy atom. The summed E-state index contributed by atoms with van der Waals surface area (Å²) in [4.78, 5) is 0. The van der Waals surface area contributed by atoms with Crippen molar-refractivity contribution in [2.75, 3.05) is 26.9 Å². The van der Waals surface area contributed by atoms with E-state index in [4.69, 9.17) is 23.7 Å². The average Bonchev–Trinajstić information content (AvgIpc) is 2.99. The van der Waals surface area contributed by atoms with Crippen LogP contribution in [0.3, 0.4) is 0 Å². The van der Waals surface area contributed by atoms with Gasteiger partial charge in [0.25, 0.3) is 0 Å². The van der Waals surface area contributed by atoms with Gasteiger partial charge in [0.15, 0.2) is 5.79 Å². The Balaban J connectivity index is 1.71. The SMILES string of the molecule is COc1ccc2c(c1)O[C@@H](COC[C@H]1COC(C)(C)O1)C/C2=N\[S@@](=O)C(C)(C)C. The molecule has 1 aromatic carbocycles. The third-order valence-electron chi connectivity index (χ3n) is 4.61. The van der Waals surface area contributed by atoms with Crippen molar-refractivity contribution in [1.29, 1.82) is 0 Å². The molecule has 1 aromatic rings. The Bertz CT molecular complexity index is 786. The first-order valence-corrected chi connectivity index (χ1v) is 10.9. The van der Waals surface area contributed by atoms with Crippen molar-refractivity contribution in [3.63, 3.8) is 0 Å². The zero-order chi connectivity index (χ0) is 21.2. The molecule has 0 amide bonds. The molecule has 2 aliphatic rings. The molecule has 0 spiro atoms. The number of methoxy groups -OCH3 is 1. The van der Waals surface area contributed by atoms with Crippen LogP contribution in [0.4, 0.5) is 0 Å². The van der Waals surface area contributed by atoms with Gasteiger partial charge in [0, 0.05) is 18.1 Å². The fraction of sp³-hybridized carbons (Fsp3) is 0.667. The Labute approximate surface area is 175 Å². The molecule has 0 radical (unpaired) electrons. The zero-order valence-corrected chi connectivity index (χ0v) is 18.8. The lowest BCUT2D eigenvalue weighted by atomic mass is 10.00. The summed E-state index contributed by atoms with van der Waals surface area (Å²) in [5.41, 5.74) is 1.60. The van der Waals surface area contributed by atoms with E-state index in [0.717, 1.165) is 11.3 Å². The lowest BCUT2D eigenvalue weighted by Crippen LogP contribution is -2.34. The van der Waals surface area contributed by atoms with Crippen LogP contribution in [-0.2, 0) is 25.2 Å². The molecule has 0 unspecified atom stereocenters. The molecule has 29 heavy (non-hydrogen) atoms. The van der Waals surface area contributed by atoms with Gasteiger partial charge < -0.3 is 23.7 Å². The quantitative estimate of drug-likeness (QED) is 0.696. The number of rotatable bonds is 6. The minimum atomic E-state index is -1.36. The van der Waals surface area contributed by atoms with Gasteiger partial charge in [-0.3, -0.25) is 0 Å². The normalized spacial score (nSPS) is 26.1. The molecule has 0 saturated carbocycles. The molecule has 1 fully saturated rings. The van der Waals surface area contributed by atoms with Crippen LogP contribution in [0.2, 0.25) is 0 Å². The standard InChI is InChI=1S/C21H31NO6S/c1-20(2,3)29(23)22-18-9-15(11-25-12-16-13-26-21(4,5)28-16)27-19-10-14(24-6)7-8-17(18)19/h7-8,10,15-16H,9,11-13H2,1-6H3/b22-18+/t15-,16+,29+/m1/s1. The Kier molecular flexibility index (Phi) is 6.67. The van der Waals surface area contributed by atoms with Crippen molar-refractivity contribution in [2.45, 2.75) is 63.8 Å². The molecule has 2 heterocycles. The van der Waals surface area contributed by atoms with E-state index in [1.54, 1.807) is 7.11 Å². The number of ether oxygens (including phenoxy) is 5. The van der Waals surface area contributed by atoms with Crippen molar-refractivity contribution in [3.8, 4) is 11.5 Å². The number of nitrogens with zero attached hydrogens (tertiary/aromatic N) is 1. The zero-order valence-electron chi connectivity index (χ0n) is 18.0. The van der Waals surface area contributed by atoms with E-state index in [9.17, 15) is 4.21 Å². The van der Waals surface area contributed by atoms with Crippen molar-refractivity contribution in [3.05, 3.63) is 23.8 Å². The third-order valence-corrected chi connectivity index (χ3v) is 6.04. The summed E-state index contributed by atoms with van der Waals surface area (Å²) in [6.45, 7) is 10.8. The van der Waals surface area contributed by atoms with E-state index in [1.807, 2.05) is 52.8 Å². The number of hydrogen-bond acceptors (Lipinski definition) is 6. The fourth-order valence-corrected chi connectivity index (χ4v) is 3.75. The van der Waals surface area contributed by atoms with Gasteiger partial charge in [-0.1, -0.05) is 0 Å². The summed E-state index contributed by atoms with van der Waals surface area (Å²) in [6.07, 6.45) is 0.192. The van der Waals surface area contributed by atoms with E-state index in [1.165, 1.54) is 0 Å². The van der Waals surface area contributed by atoms with Gasteiger partial charge in [0.2, 0.25) is 0 Å². The minimum Gasteiger partial charge on any atom is -0.497 e. The smallest absolute Gasteiger partial charge is 0.163 e.